The van der Waals surface area contributed by atoms with Gasteiger partial charge in [-0.1, -0.05) is 12.1 Å². The standard InChI is InChI=1S/C16H19N3O2/c1-11(18-15-7-8-17-16(10-15)21-3)13-5-4-6-14(9-13)19-12(2)20/h4-11H,1-3H3,(H,17,18)(H,19,20). The SMILES string of the molecule is COc1cc(NC(C)c2cccc(NC(C)=O)c2)ccn1. The van der Waals surface area contributed by atoms with Crippen molar-refractivity contribution in [1.29, 1.82) is 0 Å². The maximum absolute atomic E-state index is 11.1. The van der Waals surface area contributed by atoms with E-state index >= 15 is 0 Å². The van der Waals surface area contributed by atoms with Gasteiger partial charge in [0, 0.05) is 36.6 Å². The Labute approximate surface area is 124 Å². The van der Waals surface area contributed by atoms with Crippen molar-refractivity contribution in [1.82, 2.24) is 4.98 Å². The summed E-state index contributed by atoms with van der Waals surface area (Å²) in [6.07, 6.45) is 1.70. The zero-order valence-corrected chi connectivity index (χ0v) is 12.4. The number of carbonyl (C=O) groups is 1. The fourth-order valence-electron chi connectivity index (χ4n) is 2.03. The van der Waals surface area contributed by atoms with E-state index in [9.17, 15) is 4.79 Å². The summed E-state index contributed by atoms with van der Waals surface area (Å²) in [4.78, 5) is 15.2. The largest absolute Gasteiger partial charge is 0.481 e. The van der Waals surface area contributed by atoms with Gasteiger partial charge in [0.25, 0.3) is 0 Å². The van der Waals surface area contributed by atoms with Crippen LogP contribution in [0.2, 0.25) is 0 Å². The Morgan fingerprint density at radius 2 is 2.05 bits per heavy atom. The molecule has 1 heterocycles. The minimum Gasteiger partial charge on any atom is -0.481 e. The molecule has 1 aromatic heterocycles. The van der Waals surface area contributed by atoms with E-state index in [0.717, 1.165) is 16.9 Å². The maximum Gasteiger partial charge on any atom is 0.221 e. The molecule has 5 nitrogen and oxygen atoms in total. The predicted molar refractivity (Wildman–Crippen MR) is 83.6 cm³/mol. The molecule has 0 bridgehead atoms. The number of nitrogens with one attached hydrogen (secondary N) is 2. The lowest BCUT2D eigenvalue weighted by Gasteiger charge is -2.17. The normalized spacial score (nSPS) is 11.6. The molecule has 1 amide bonds. The van der Waals surface area contributed by atoms with Crippen LogP contribution in [0.5, 0.6) is 5.88 Å². The van der Waals surface area contributed by atoms with Crippen LogP contribution in [0.15, 0.2) is 42.6 Å². The van der Waals surface area contributed by atoms with E-state index in [-0.39, 0.29) is 11.9 Å². The van der Waals surface area contributed by atoms with E-state index in [2.05, 4.69) is 22.5 Å². The fraction of sp³-hybridized carbons (Fsp3) is 0.250. The predicted octanol–water partition coefficient (Wildman–Crippen LogP) is 3.22. The second kappa shape index (κ2) is 6.74. The molecule has 1 unspecified atom stereocenters. The van der Waals surface area contributed by atoms with Crippen molar-refractivity contribution in [2.45, 2.75) is 19.9 Å². The molecule has 0 aliphatic rings. The number of nitrogens with zero attached hydrogens (tertiary/aromatic N) is 1. The summed E-state index contributed by atoms with van der Waals surface area (Å²) < 4.78 is 5.11. The highest BCUT2D eigenvalue weighted by atomic mass is 16.5. The van der Waals surface area contributed by atoms with Crippen LogP contribution in [0, 0.1) is 0 Å². The summed E-state index contributed by atoms with van der Waals surface area (Å²) in [5.41, 5.74) is 2.80. The Bertz CT molecular complexity index is 628. The summed E-state index contributed by atoms with van der Waals surface area (Å²) in [6, 6.07) is 11.6. The van der Waals surface area contributed by atoms with Crippen LogP contribution >= 0.6 is 0 Å². The fourth-order valence-corrected chi connectivity index (χ4v) is 2.03. The lowest BCUT2D eigenvalue weighted by molar-refractivity contribution is -0.114. The molecule has 0 saturated heterocycles. The lowest BCUT2D eigenvalue weighted by atomic mass is 10.1. The highest BCUT2D eigenvalue weighted by Gasteiger charge is 2.07. The lowest BCUT2D eigenvalue weighted by Crippen LogP contribution is -2.09. The summed E-state index contributed by atoms with van der Waals surface area (Å²) >= 11 is 0. The van der Waals surface area contributed by atoms with Gasteiger partial charge in [-0.3, -0.25) is 4.79 Å². The molecule has 2 N–H and O–H groups in total. The molecule has 5 heteroatoms. The van der Waals surface area contributed by atoms with Gasteiger partial charge in [-0.05, 0) is 30.7 Å². The van der Waals surface area contributed by atoms with Crippen LogP contribution in [-0.4, -0.2) is 18.0 Å². The zero-order chi connectivity index (χ0) is 15.2. The molecular weight excluding hydrogens is 266 g/mol. The third-order valence-corrected chi connectivity index (χ3v) is 3.03. The molecule has 110 valence electrons. The van der Waals surface area contributed by atoms with E-state index in [1.807, 2.05) is 36.4 Å². The van der Waals surface area contributed by atoms with E-state index < -0.39 is 0 Å². The summed E-state index contributed by atoms with van der Waals surface area (Å²) in [5.74, 6) is 0.492. The third kappa shape index (κ3) is 4.21. The number of hydrogen-bond donors (Lipinski definition) is 2. The van der Waals surface area contributed by atoms with E-state index in [1.165, 1.54) is 6.92 Å². The van der Waals surface area contributed by atoms with Gasteiger partial charge in [-0.2, -0.15) is 0 Å². The van der Waals surface area contributed by atoms with Crippen molar-refractivity contribution < 1.29 is 9.53 Å². The molecule has 2 rings (SSSR count). The average molecular weight is 285 g/mol. The van der Waals surface area contributed by atoms with Crippen molar-refractivity contribution >= 4 is 17.3 Å². The second-order valence-electron chi connectivity index (χ2n) is 4.76. The van der Waals surface area contributed by atoms with Crippen molar-refractivity contribution in [2.75, 3.05) is 17.7 Å². The molecule has 1 aromatic carbocycles. The topological polar surface area (TPSA) is 63.2 Å². The Hall–Kier alpha value is -2.56. The average Bonchev–Trinajstić information content (AvgIpc) is 2.47. The van der Waals surface area contributed by atoms with Gasteiger partial charge in [0.05, 0.1) is 7.11 Å². The first kappa shape index (κ1) is 14.8. The van der Waals surface area contributed by atoms with Crippen LogP contribution in [0.4, 0.5) is 11.4 Å². The van der Waals surface area contributed by atoms with E-state index in [4.69, 9.17) is 4.74 Å². The molecule has 0 aliphatic heterocycles. The number of anilines is 2. The van der Waals surface area contributed by atoms with Crippen LogP contribution < -0.4 is 15.4 Å². The molecule has 0 spiro atoms. The van der Waals surface area contributed by atoms with Gasteiger partial charge in [0.15, 0.2) is 0 Å². The Kier molecular flexibility index (Phi) is 4.77. The van der Waals surface area contributed by atoms with E-state index in [1.54, 1.807) is 13.3 Å². The minimum atomic E-state index is -0.0772. The van der Waals surface area contributed by atoms with Gasteiger partial charge >= 0.3 is 0 Å². The van der Waals surface area contributed by atoms with Crippen LogP contribution in [0.3, 0.4) is 0 Å². The number of benzene rings is 1. The maximum atomic E-state index is 11.1. The molecule has 0 aliphatic carbocycles. The first-order valence-electron chi connectivity index (χ1n) is 6.72. The molecule has 21 heavy (non-hydrogen) atoms. The molecule has 0 fully saturated rings. The molecule has 1 atom stereocenters. The van der Waals surface area contributed by atoms with Crippen molar-refractivity contribution in [3.8, 4) is 5.88 Å². The number of carbonyl (C=O) groups excluding carboxylic acids is 1. The highest BCUT2D eigenvalue weighted by molar-refractivity contribution is 5.88. The van der Waals surface area contributed by atoms with Crippen molar-refractivity contribution in [3.05, 3.63) is 48.2 Å². The van der Waals surface area contributed by atoms with Gasteiger partial charge in [0.2, 0.25) is 11.8 Å². The van der Waals surface area contributed by atoms with Crippen LogP contribution in [-0.2, 0) is 4.79 Å². The zero-order valence-electron chi connectivity index (χ0n) is 12.4. The monoisotopic (exact) mass is 285 g/mol. The Morgan fingerprint density at radius 3 is 2.76 bits per heavy atom. The van der Waals surface area contributed by atoms with Gasteiger partial charge < -0.3 is 15.4 Å². The third-order valence-electron chi connectivity index (χ3n) is 3.03. The van der Waals surface area contributed by atoms with Crippen LogP contribution in [0.25, 0.3) is 0 Å². The van der Waals surface area contributed by atoms with Gasteiger partial charge in [-0.25, -0.2) is 4.98 Å². The highest BCUT2D eigenvalue weighted by Crippen LogP contribution is 2.23. The molecule has 2 aromatic rings. The molecular formula is C16H19N3O2. The number of methoxy groups -OCH3 is 1. The second-order valence-corrected chi connectivity index (χ2v) is 4.76. The smallest absolute Gasteiger partial charge is 0.221 e. The molecule has 0 radical (unpaired) electrons. The Balaban J connectivity index is 2.12. The summed E-state index contributed by atoms with van der Waals surface area (Å²) in [5, 5.41) is 6.17. The van der Waals surface area contributed by atoms with Crippen LogP contribution in [0.1, 0.15) is 25.5 Å². The quantitative estimate of drug-likeness (QED) is 0.885. The number of rotatable bonds is 5. The minimum absolute atomic E-state index is 0.0772. The van der Waals surface area contributed by atoms with E-state index in [0.29, 0.717) is 5.88 Å². The van der Waals surface area contributed by atoms with Crippen molar-refractivity contribution in [2.24, 2.45) is 0 Å². The number of amides is 1. The number of hydrogen-bond acceptors (Lipinski definition) is 4. The van der Waals surface area contributed by atoms with Gasteiger partial charge in [-0.15, -0.1) is 0 Å². The number of pyridine rings is 1. The Morgan fingerprint density at radius 1 is 1.24 bits per heavy atom. The summed E-state index contributed by atoms with van der Waals surface area (Å²) in [7, 11) is 1.59. The number of ether oxygens (including phenoxy) is 1. The van der Waals surface area contributed by atoms with Crippen molar-refractivity contribution in [3.63, 3.8) is 0 Å². The summed E-state index contributed by atoms with van der Waals surface area (Å²) in [6.45, 7) is 3.55. The first-order valence-corrected chi connectivity index (χ1v) is 6.72. The first-order chi connectivity index (χ1) is 10.1. The van der Waals surface area contributed by atoms with Gasteiger partial charge in [0.1, 0.15) is 0 Å². The molecule has 0 saturated carbocycles. The number of aromatic nitrogens is 1.